The molecule has 1 heterocycles. The lowest BCUT2D eigenvalue weighted by Crippen LogP contribution is -2.54. The average Bonchev–Trinajstić information content (AvgIpc) is 2.59. The summed E-state index contributed by atoms with van der Waals surface area (Å²) in [5, 5.41) is 3.03. The maximum Gasteiger partial charge on any atom is 0.237 e. The van der Waals surface area contributed by atoms with Gasteiger partial charge < -0.3 is 10.2 Å². The van der Waals surface area contributed by atoms with Crippen molar-refractivity contribution in [2.75, 3.05) is 37.6 Å². The molecule has 1 N–H and O–H groups in total. The second-order valence-corrected chi connectivity index (χ2v) is 6.17. The highest BCUT2D eigenvalue weighted by Crippen LogP contribution is 2.17. The first-order valence-electron chi connectivity index (χ1n) is 8.64. The summed E-state index contributed by atoms with van der Waals surface area (Å²) < 4.78 is 13.0. The quantitative estimate of drug-likeness (QED) is 0.784. The summed E-state index contributed by atoms with van der Waals surface area (Å²) in [5.74, 6) is -0.0860. The molecule has 1 saturated heterocycles. The molecule has 0 aliphatic carbocycles. The highest BCUT2D eigenvalue weighted by molar-refractivity contribution is 5.81. The van der Waals surface area contributed by atoms with E-state index in [1.165, 1.54) is 12.1 Å². The van der Waals surface area contributed by atoms with Crippen molar-refractivity contribution in [3.8, 4) is 0 Å². The molecule has 0 spiro atoms. The Balaban J connectivity index is 1.76. The molecular weight excluding hydrogens is 293 g/mol. The number of hydrogen-bond acceptors (Lipinski definition) is 3. The summed E-state index contributed by atoms with van der Waals surface area (Å²) in [7, 11) is 0. The van der Waals surface area contributed by atoms with Crippen molar-refractivity contribution in [2.24, 2.45) is 0 Å². The van der Waals surface area contributed by atoms with E-state index < -0.39 is 0 Å². The van der Waals surface area contributed by atoms with Crippen molar-refractivity contribution in [2.45, 2.75) is 39.2 Å². The fourth-order valence-electron chi connectivity index (χ4n) is 2.92. The molecule has 1 aliphatic heterocycles. The van der Waals surface area contributed by atoms with E-state index in [0.717, 1.165) is 57.7 Å². The largest absolute Gasteiger partial charge is 0.369 e. The van der Waals surface area contributed by atoms with Gasteiger partial charge in [-0.15, -0.1) is 0 Å². The lowest BCUT2D eigenvalue weighted by molar-refractivity contribution is -0.126. The second-order valence-electron chi connectivity index (χ2n) is 6.17. The molecule has 0 bridgehead atoms. The molecule has 0 saturated carbocycles. The number of amides is 1. The Hall–Kier alpha value is -1.62. The maximum atomic E-state index is 13.0. The molecule has 1 aromatic rings. The van der Waals surface area contributed by atoms with Gasteiger partial charge in [-0.25, -0.2) is 4.39 Å². The number of benzene rings is 1. The molecule has 23 heavy (non-hydrogen) atoms. The fourth-order valence-corrected chi connectivity index (χ4v) is 2.92. The fraction of sp³-hybridized carbons (Fsp3) is 0.611. The number of piperazine rings is 1. The first-order valence-corrected chi connectivity index (χ1v) is 8.64. The van der Waals surface area contributed by atoms with E-state index in [2.05, 4.69) is 22.0 Å². The van der Waals surface area contributed by atoms with Crippen LogP contribution in [0.5, 0.6) is 0 Å². The Morgan fingerprint density at radius 3 is 2.43 bits per heavy atom. The number of carbonyl (C=O) groups excluding carboxylic acids is 1. The Morgan fingerprint density at radius 2 is 1.83 bits per heavy atom. The maximum absolute atomic E-state index is 13.0. The number of unbranched alkanes of at least 4 members (excludes halogenated alkanes) is 2. The third-order valence-corrected chi connectivity index (χ3v) is 4.51. The van der Waals surface area contributed by atoms with Crippen molar-refractivity contribution in [3.63, 3.8) is 0 Å². The number of anilines is 1. The first kappa shape index (κ1) is 17.7. The monoisotopic (exact) mass is 321 g/mol. The second kappa shape index (κ2) is 8.87. The van der Waals surface area contributed by atoms with E-state index >= 15 is 0 Å². The average molecular weight is 321 g/mol. The normalized spacial score (nSPS) is 17.1. The van der Waals surface area contributed by atoms with Crippen LogP contribution in [0.25, 0.3) is 0 Å². The lowest BCUT2D eigenvalue weighted by Gasteiger charge is -2.38. The van der Waals surface area contributed by atoms with Gasteiger partial charge in [-0.3, -0.25) is 9.69 Å². The molecule has 1 unspecified atom stereocenters. The number of hydrogen-bond donors (Lipinski definition) is 1. The molecule has 0 aromatic heterocycles. The zero-order chi connectivity index (χ0) is 16.7. The Bertz CT molecular complexity index is 484. The van der Waals surface area contributed by atoms with Crippen LogP contribution in [0.3, 0.4) is 0 Å². The van der Waals surface area contributed by atoms with Crippen LogP contribution in [0, 0.1) is 5.82 Å². The third kappa shape index (κ3) is 5.20. The van der Waals surface area contributed by atoms with Crippen LogP contribution in [0.1, 0.15) is 33.1 Å². The van der Waals surface area contributed by atoms with E-state index in [4.69, 9.17) is 0 Å². The summed E-state index contributed by atoms with van der Waals surface area (Å²) in [4.78, 5) is 16.6. The number of nitrogens with zero attached hydrogens (tertiary/aromatic N) is 2. The van der Waals surface area contributed by atoms with Crippen molar-refractivity contribution in [3.05, 3.63) is 30.1 Å². The smallest absolute Gasteiger partial charge is 0.237 e. The first-order chi connectivity index (χ1) is 11.1. The summed E-state index contributed by atoms with van der Waals surface area (Å²) in [6.45, 7) is 8.32. The Labute approximate surface area is 138 Å². The number of carbonyl (C=O) groups is 1. The zero-order valence-electron chi connectivity index (χ0n) is 14.2. The van der Waals surface area contributed by atoms with Gasteiger partial charge in [0.25, 0.3) is 0 Å². The van der Waals surface area contributed by atoms with Gasteiger partial charge in [0, 0.05) is 38.4 Å². The SMILES string of the molecule is CCCCCNC(=O)C(C)N1CCN(c2ccc(F)cc2)CC1. The molecule has 1 atom stereocenters. The zero-order valence-corrected chi connectivity index (χ0v) is 14.2. The molecule has 0 radical (unpaired) electrons. The molecule has 1 fully saturated rings. The van der Waals surface area contributed by atoms with Gasteiger partial charge in [0.1, 0.15) is 5.82 Å². The predicted molar refractivity (Wildman–Crippen MR) is 92.2 cm³/mol. The van der Waals surface area contributed by atoms with E-state index in [1.807, 2.05) is 19.1 Å². The van der Waals surface area contributed by atoms with E-state index in [0.29, 0.717) is 0 Å². The van der Waals surface area contributed by atoms with E-state index in [1.54, 1.807) is 0 Å². The topological polar surface area (TPSA) is 35.6 Å². The van der Waals surface area contributed by atoms with Gasteiger partial charge in [-0.1, -0.05) is 19.8 Å². The van der Waals surface area contributed by atoms with Gasteiger partial charge in [0.15, 0.2) is 0 Å². The summed E-state index contributed by atoms with van der Waals surface area (Å²) in [6, 6.07) is 6.53. The summed E-state index contributed by atoms with van der Waals surface area (Å²) in [6.07, 6.45) is 3.37. The van der Waals surface area contributed by atoms with E-state index in [-0.39, 0.29) is 17.8 Å². The Kier molecular flexibility index (Phi) is 6.84. The number of nitrogens with one attached hydrogen (secondary N) is 1. The van der Waals surface area contributed by atoms with Gasteiger partial charge >= 0.3 is 0 Å². The van der Waals surface area contributed by atoms with Crippen LogP contribution >= 0.6 is 0 Å². The number of halogens is 1. The molecule has 1 aromatic carbocycles. The molecule has 5 heteroatoms. The van der Waals surface area contributed by atoms with Crippen molar-refractivity contribution in [1.29, 1.82) is 0 Å². The summed E-state index contributed by atoms with van der Waals surface area (Å²) >= 11 is 0. The van der Waals surface area contributed by atoms with Crippen LogP contribution in [0.15, 0.2) is 24.3 Å². The molecule has 1 aliphatic rings. The van der Waals surface area contributed by atoms with Crippen molar-refractivity contribution < 1.29 is 9.18 Å². The molecule has 1 amide bonds. The third-order valence-electron chi connectivity index (χ3n) is 4.51. The van der Waals surface area contributed by atoms with Gasteiger partial charge in [0.05, 0.1) is 6.04 Å². The van der Waals surface area contributed by atoms with Crippen molar-refractivity contribution >= 4 is 11.6 Å². The van der Waals surface area contributed by atoms with Crippen molar-refractivity contribution in [1.82, 2.24) is 10.2 Å². The van der Waals surface area contributed by atoms with Gasteiger partial charge in [-0.2, -0.15) is 0 Å². The van der Waals surface area contributed by atoms with Crippen LogP contribution < -0.4 is 10.2 Å². The molecule has 128 valence electrons. The van der Waals surface area contributed by atoms with E-state index in [9.17, 15) is 9.18 Å². The minimum absolute atomic E-state index is 0.0907. The minimum Gasteiger partial charge on any atom is -0.369 e. The molecule has 2 rings (SSSR count). The number of rotatable bonds is 7. The van der Waals surface area contributed by atoms with Crippen LogP contribution in [-0.4, -0.2) is 49.6 Å². The lowest BCUT2D eigenvalue weighted by atomic mass is 10.2. The standard InChI is InChI=1S/C18H28FN3O/c1-3-4-5-10-20-18(23)15(2)21-11-13-22(14-12-21)17-8-6-16(19)7-9-17/h6-9,15H,3-5,10-14H2,1-2H3,(H,20,23). The van der Waals surface area contributed by atoms with Crippen LogP contribution in [-0.2, 0) is 4.79 Å². The van der Waals surface area contributed by atoms with Gasteiger partial charge in [-0.05, 0) is 37.6 Å². The highest BCUT2D eigenvalue weighted by Gasteiger charge is 2.25. The van der Waals surface area contributed by atoms with Gasteiger partial charge in [0.2, 0.25) is 5.91 Å². The van der Waals surface area contributed by atoms with Crippen LogP contribution in [0.2, 0.25) is 0 Å². The Morgan fingerprint density at radius 1 is 1.17 bits per heavy atom. The highest BCUT2D eigenvalue weighted by atomic mass is 19.1. The molecular formula is C18H28FN3O. The molecule has 4 nitrogen and oxygen atoms in total. The van der Waals surface area contributed by atoms with Crippen LogP contribution in [0.4, 0.5) is 10.1 Å². The predicted octanol–water partition coefficient (Wildman–Crippen LogP) is 2.64. The minimum atomic E-state index is -0.208. The summed E-state index contributed by atoms with van der Waals surface area (Å²) in [5.41, 5.74) is 1.04.